The van der Waals surface area contributed by atoms with Crippen LogP contribution in [0.15, 0.2) is 90.7 Å². The fraction of sp³-hybridized carbons (Fsp3) is 0.400. The monoisotopic (exact) mass is 912 g/mol. The highest BCUT2D eigenvalue weighted by molar-refractivity contribution is 9.11. The SMILES string of the molecule is Cc1ccc(Br)cc1C(C)(C)O.Cc1ccc(Br)cc1C(C)(C)O.Cc1ccc(Br)cc1C(C)(C)O.Cc1ccc(Br)cc1C(C)(C)O. The molecule has 0 heterocycles. The topological polar surface area (TPSA) is 80.9 Å². The maximum Gasteiger partial charge on any atom is 0.0843 e. The molecule has 4 rings (SSSR count). The summed E-state index contributed by atoms with van der Waals surface area (Å²) < 4.78 is 4.02. The summed E-state index contributed by atoms with van der Waals surface area (Å²) in [7, 11) is 0. The van der Waals surface area contributed by atoms with E-state index in [1.807, 2.05) is 100 Å². The van der Waals surface area contributed by atoms with Crippen LogP contribution in [-0.2, 0) is 22.4 Å². The predicted octanol–water partition coefficient (Wildman–Crippen LogP) is 11.9. The number of hydrogen-bond acceptors (Lipinski definition) is 4. The molecule has 0 aromatic heterocycles. The summed E-state index contributed by atoms with van der Waals surface area (Å²) in [4.78, 5) is 0. The van der Waals surface area contributed by atoms with Crippen molar-refractivity contribution in [1.82, 2.24) is 0 Å². The van der Waals surface area contributed by atoms with E-state index in [0.717, 1.165) is 62.4 Å². The van der Waals surface area contributed by atoms with E-state index in [0.29, 0.717) is 0 Å². The number of rotatable bonds is 4. The van der Waals surface area contributed by atoms with Gasteiger partial charge in [0.05, 0.1) is 22.4 Å². The van der Waals surface area contributed by atoms with Gasteiger partial charge in [0.1, 0.15) is 0 Å². The molecule has 0 atom stereocenters. The lowest BCUT2D eigenvalue weighted by Gasteiger charge is -2.20. The zero-order valence-corrected chi connectivity index (χ0v) is 36.6. The molecular formula is C40H52Br4O4. The highest BCUT2D eigenvalue weighted by atomic mass is 79.9. The Kier molecular flexibility index (Phi) is 17.0. The van der Waals surface area contributed by atoms with Crippen molar-refractivity contribution < 1.29 is 20.4 Å². The van der Waals surface area contributed by atoms with Gasteiger partial charge >= 0.3 is 0 Å². The first-order valence-corrected chi connectivity index (χ1v) is 18.8. The summed E-state index contributed by atoms with van der Waals surface area (Å²) in [5.41, 5.74) is 5.32. The summed E-state index contributed by atoms with van der Waals surface area (Å²) in [5, 5.41) is 39.1. The van der Waals surface area contributed by atoms with E-state index in [1.165, 1.54) is 0 Å². The Morgan fingerprint density at radius 1 is 0.333 bits per heavy atom. The largest absolute Gasteiger partial charge is 0.386 e. The second-order valence-corrected chi connectivity index (χ2v) is 17.7. The van der Waals surface area contributed by atoms with Gasteiger partial charge in [-0.05, 0) is 176 Å². The molecule has 4 nitrogen and oxygen atoms in total. The van der Waals surface area contributed by atoms with Crippen LogP contribution in [0.3, 0.4) is 0 Å². The van der Waals surface area contributed by atoms with Gasteiger partial charge in [-0.1, -0.05) is 88.0 Å². The second kappa shape index (κ2) is 18.2. The number of aryl methyl sites for hydroxylation is 4. The van der Waals surface area contributed by atoms with Gasteiger partial charge < -0.3 is 20.4 Å². The minimum atomic E-state index is -0.756. The van der Waals surface area contributed by atoms with E-state index >= 15 is 0 Å². The molecule has 0 aliphatic rings. The van der Waals surface area contributed by atoms with E-state index < -0.39 is 22.4 Å². The fourth-order valence-corrected chi connectivity index (χ4v) is 6.46. The standard InChI is InChI=1S/4C10H13BrO/c4*1-7-4-5-8(11)6-9(7)10(2,3)12/h4*4-6,12H,1-3H3. The molecule has 0 amide bonds. The Labute approximate surface area is 322 Å². The van der Waals surface area contributed by atoms with Crippen molar-refractivity contribution in [2.45, 2.75) is 105 Å². The van der Waals surface area contributed by atoms with Crippen molar-refractivity contribution in [2.24, 2.45) is 0 Å². The van der Waals surface area contributed by atoms with E-state index in [1.54, 1.807) is 55.4 Å². The highest BCUT2D eigenvalue weighted by Crippen LogP contribution is 2.29. The molecule has 0 bridgehead atoms. The molecule has 4 aromatic carbocycles. The first kappa shape index (κ1) is 44.7. The third-order valence-electron chi connectivity index (χ3n) is 7.43. The quantitative estimate of drug-likeness (QED) is 0.164. The van der Waals surface area contributed by atoms with Gasteiger partial charge in [0.25, 0.3) is 0 Å². The summed E-state index contributed by atoms with van der Waals surface area (Å²) in [6.07, 6.45) is 0. The van der Waals surface area contributed by atoms with Gasteiger partial charge in [-0.25, -0.2) is 0 Å². The minimum absolute atomic E-state index is 0.756. The van der Waals surface area contributed by atoms with Crippen LogP contribution in [0.1, 0.15) is 99.9 Å². The Hall–Kier alpha value is -1.36. The first-order chi connectivity index (χ1) is 21.6. The Balaban J connectivity index is 0.000000320. The molecular weight excluding hydrogens is 864 g/mol. The van der Waals surface area contributed by atoms with Crippen LogP contribution in [0, 0.1) is 27.7 Å². The maximum absolute atomic E-state index is 9.77. The van der Waals surface area contributed by atoms with E-state index in [9.17, 15) is 20.4 Å². The molecule has 0 radical (unpaired) electrons. The van der Waals surface area contributed by atoms with Crippen LogP contribution in [0.5, 0.6) is 0 Å². The van der Waals surface area contributed by atoms with E-state index in [-0.39, 0.29) is 0 Å². The lowest BCUT2D eigenvalue weighted by Crippen LogP contribution is -2.16. The zero-order valence-electron chi connectivity index (χ0n) is 30.2. The van der Waals surface area contributed by atoms with Crippen LogP contribution < -0.4 is 0 Å². The van der Waals surface area contributed by atoms with Gasteiger partial charge in [-0.3, -0.25) is 0 Å². The second-order valence-electron chi connectivity index (χ2n) is 14.1. The zero-order chi connectivity index (χ0) is 37.4. The molecule has 4 N–H and O–H groups in total. The van der Waals surface area contributed by atoms with Crippen molar-refractivity contribution in [3.63, 3.8) is 0 Å². The molecule has 0 saturated carbocycles. The van der Waals surface area contributed by atoms with E-state index in [4.69, 9.17) is 0 Å². The van der Waals surface area contributed by atoms with Gasteiger partial charge in [0, 0.05) is 17.9 Å². The van der Waals surface area contributed by atoms with Crippen LogP contribution in [0.4, 0.5) is 0 Å². The molecule has 48 heavy (non-hydrogen) atoms. The average Bonchev–Trinajstić information content (AvgIpc) is 2.93. The number of hydrogen-bond donors (Lipinski definition) is 4. The molecule has 0 unspecified atom stereocenters. The molecule has 4 aromatic rings. The molecule has 0 aliphatic heterocycles. The highest BCUT2D eigenvalue weighted by Gasteiger charge is 2.20. The molecule has 0 fully saturated rings. The van der Waals surface area contributed by atoms with Crippen LogP contribution >= 0.6 is 63.7 Å². The lowest BCUT2D eigenvalue weighted by molar-refractivity contribution is 0.0773. The maximum atomic E-state index is 9.77. The summed E-state index contributed by atoms with van der Waals surface area (Å²) >= 11 is 13.5. The molecule has 0 aliphatic carbocycles. The molecule has 264 valence electrons. The summed E-state index contributed by atoms with van der Waals surface area (Å²) in [6.45, 7) is 22.3. The van der Waals surface area contributed by atoms with Crippen molar-refractivity contribution in [3.8, 4) is 0 Å². The Morgan fingerprint density at radius 3 is 0.583 bits per heavy atom. The third kappa shape index (κ3) is 15.3. The summed E-state index contributed by atoms with van der Waals surface area (Å²) in [6, 6.07) is 23.7. The number of aliphatic hydroxyl groups is 4. The minimum Gasteiger partial charge on any atom is -0.386 e. The average molecular weight is 916 g/mol. The molecule has 8 heteroatoms. The van der Waals surface area contributed by atoms with Gasteiger partial charge in [-0.2, -0.15) is 0 Å². The summed E-state index contributed by atoms with van der Waals surface area (Å²) in [5.74, 6) is 0. The van der Waals surface area contributed by atoms with Crippen LogP contribution in [-0.4, -0.2) is 20.4 Å². The van der Waals surface area contributed by atoms with Crippen molar-refractivity contribution in [2.75, 3.05) is 0 Å². The van der Waals surface area contributed by atoms with Gasteiger partial charge in [0.15, 0.2) is 0 Å². The van der Waals surface area contributed by atoms with Crippen molar-refractivity contribution in [3.05, 3.63) is 135 Å². The van der Waals surface area contributed by atoms with E-state index in [2.05, 4.69) is 63.7 Å². The first-order valence-electron chi connectivity index (χ1n) is 15.6. The van der Waals surface area contributed by atoms with Crippen molar-refractivity contribution in [1.29, 1.82) is 0 Å². The van der Waals surface area contributed by atoms with Gasteiger partial charge in [0.2, 0.25) is 0 Å². The predicted molar refractivity (Wildman–Crippen MR) is 216 cm³/mol. The Morgan fingerprint density at radius 2 is 0.479 bits per heavy atom. The Bertz CT molecular complexity index is 1390. The third-order valence-corrected chi connectivity index (χ3v) is 9.41. The number of halogens is 4. The number of benzene rings is 4. The fourth-order valence-electron chi connectivity index (χ4n) is 5.01. The van der Waals surface area contributed by atoms with Crippen molar-refractivity contribution >= 4 is 63.7 Å². The lowest BCUT2D eigenvalue weighted by atomic mass is 9.94. The smallest absolute Gasteiger partial charge is 0.0843 e. The molecule has 0 spiro atoms. The van der Waals surface area contributed by atoms with Gasteiger partial charge in [-0.15, -0.1) is 0 Å². The molecule has 0 saturated heterocycles. The van der Waals surface area contributed by atoms with Crippen LogP contribution in [0.25, 0.3) is 0 Å². The normalized spacial score (nSPS) is 11.8. The van der Waals surface area contributed by atoms with Crippen LogP contribution in [0.2, 0.25) is 0 Å².